The zero-order valence-electron chi connectivity index (χ0n) is 10.2. The van der Waals surface area contributed by atoms with Crippen molar-refractivity contribution in [2.45, 2.75) is 44.2 Å². The molecule has 94 valence electrons. The molecule has 1 N–H and O–H groups in total. The lowest BCUT2D eigenvalue weighted by Gasteiger charge is -2.36. The van der Waals surface area contributed by atoms with E-state index in [-0.39, 0.29) is 18.9 Å². The van der Waals surface area contributed by atoms with Crippen molar-refractivity contribution in [3.05, 3.63) is 35.9 Å². The van der Waals surface area contributed by atoms with E-state index in [2.05, 4.69) is 0 Å². The minimum atomic E-state index is -1.34. The molecular weight excluding hydrogens is 215 g/mol. The molecule has 0 bridgehead atoms. The molecule has 2 rings (SSSR count). The van der Waals surface area contributed by atoms with Gasteiger partial charge in [-0.05, 0) is 24.3 Å². The molecule has 0 radical (unpaired) electrons. The van der Waals surface area contributed by atoms with E-state index in [1.54, 1.807) is 0 Å². The van der Waals surface area contributed by atoms with Crippen molar-refractivity contribution in [2.75, 3.05) is 6.61 Å². The molecule has 1 fully saturated rings. The van der Waals surface area contributed by atoms with Crippen molar-refractivity contribution in [1.82, 2.24) is 0 Å². The zero-order chi connectivity index (χ0) is 12.1. The number of aliphatic hydroxyl groups is 1. The summed E-state index contributed by atoms with van der Waals surface area (Å²) in [5, 5.41) is 9.15. The van der Waals surface area contributed by atoms with E-state index in [9.17, 15) is 0 Å². The molecule has 0 amide bonds. The van der Waals surface area contributed by atoms with E-state index in [1.165, 1.54) is 6.42 Å². The minimum Gasteiger partial charge on any atom is -0.396 e. The third-order valence-corrected chi connectivity index (χ3v) is 3.98. The summed E-state index contributed by atoms with van der Waals surface area (Å²) < 4.78 is 15.3. The summed E-state index contributed by atoms with van der Waals surface area (Å²) in [6, 6.07) is 9.37. The van der Waals surface area contributed by atoms with Crippen LogP contribution >= 0.6 is 0 Å². The maximum absolute atomic E-state index is 15.3. The van der Waals surface area contributed by atoms with Crippen molar-refractivity contribution >= 4 is 0 Å². The summed E-state index contributed by atoms with van der Waals surface area (Å²) >= 11 is 0. The quantitative estimate of drug-likeness (QED) is 0.842. The topological polar surface area (TPSA) is 20.2 Å². The Balaban J connectivity index is 2.24. The molecule has 0 heterocycles. The second-order valence-electron chi connectivity index (χ2n) is 5.04. The van der Waals surface area contributed by atoms with E-state index >= 15 is 4.39 Å². The number of hydrogen-bond acceptors (Lipinski definition) is 1. The van der Waals surface area contributed by atoms with Crippen molar-refractivity contribution < 1.29 is 9.50 Å². The smallest absolute Gasteiger partial charge is 0.141 e. The van der Waals surface area contributed by atoms with Crippen LogP contribution in [0.4, 0.5) is 4.39 Å². The molecular formula is C15H21FO. The standard InChI is InChI=1S/C15H21FO/c16-15(11-12-17,13-7-3-1-4-8-13)14-9-5-2-6-10-14/h1,3-4,7-8,14,17H,2,5-6,9-12H2/t15-/m1/s1. The maximum atomic E-state index is 15.3. The van der Waals surface area contributed by atoms with Gasteiger partial charge in [0.15, 0.2) is 0 Å². The molecule has 0 saturated heterocycles. The zero-order valence-corrected chi connectivity index (χ0v) is 10.2. The van der Waals surface area contributed by atoms with E-state index < -0.39 is 5.67 Å². The Bertz CT molecular complexity index is 332. The summed E-state index contributed by atoms with van der Waals surface area (Å²) in [5.41, 5.74) is -0.600. The van der Waals surface area contributed by atoms with Gasteiger partial charge >= 0.3 is 0 Å². The highest BCUT2D eigenvalue weighted by molar-refractivity contribution is 5.23. The van der Waals surface area contributed by atoms with Crippen LogP contribution in [0.2, 0.25) is 0 Å². The molecule has 1 aromatic rings. The fourth-order valence-electron chi connectivity index (χ4n) is 3.02. The summed E-state index contributed by atoms with van der Waals surface area (Å²) in [6.45, 7) is -0.0815. The highest BCUT2D eigenvalue weighted by atomic mass is 19.1. The maximum Gasteiger partial charge on any atom is 0.141 e. The predicted molar refractivity (Wildman–Crippen MR) is 67.5 cm³/mol. The lowest BCUT2D eigenvalue weighted by atomic mass is 9.73. The van der Waals surface area contributed by atoms with Crippen molar-refractivity contribution in [2.24, 2.45) is 5.92 Å². The number of alkyl halides is 1. The van der Waals surface area contributed by atoms with Crippen LogP contribution in [0.25, 0.3) is 0 Å². The van der Waals surface area contributed by atoms with Gasteiger partial charge in [0.05, 0.1) is 0 Å². The Hall–Kier alpha value is -0.890. The van der Waals surface area contributed by atoms with E-state index in [1.807, 2.05) is 30.3 Å². The summed E-state index contributed by atoms with van der Waals surface area (Å²) in [4.78, 5) is 0. The van der Waals surface area contributed by atoms with E-state index in [4.69, 9.17) is 5.11 Å². The van der Waals surface area contributed by atoms with Crippen molar-refractivity contribution in [1.29, 1.82) is 0 Å². The Kier molecular flexibility index (Phi) is 4.16. The van der Waals surface area contributed by atoms with Crippen LogP contribution in [0.3, 0.4) is 0 Å². The normalized spacial score (nSPS) is 21.1. The molecule has 0 spiro atoms. The lowest BCUT2D eigenvalue weighted by molar-refractivity contribution is 0.0266. The van der Waals surface area contributed by atoms with Crippen LogP contribution in [-0.2, 0) is 5.67 Å². The van der Waals surface area contributed by atoms with Crippen LogP contribution in [0, 0.1) is 5.92 Å². The first-order valence-electron chi connectivity index (χ1n) is 6.62. The SMILES string of the molecule is OCC[C@@](F)(c1ccccc1)C1CCCCC1. The molecule has 0 unspecified atom stereocenters. The largest absolute Gasteiger partial charge is 0.396 e. The average molecular weight is 236 g/mol. The molecule has 1 aliphatic carbocycles. The molecule has 1 aliphatic rings. The molecule has 17 heavy (non-hydrogen) atoms. The number of benzene rings is 1. The summed E-state index contributed by atoms with van der Waals surface area (Å²) in [6.07, 6.45) is 5.59. The van der Waals surface area contributed by atoms with E-state index in [0.29, 0.717) is 0 Å². The predicted octanol–water partition coefficient (Wildman–Crippen LogP) is 3.81. The third kappa shape index (κ3) is 2.68. The Labute approximate surface area is 103 Å². The molecule has 2 heteroatoms. The molecule has 0 aliphatic heterocycles. The summed E-state index contributed by atoms with van der Waals surface area (Å²) in [7, 11) is 0. The first-order chi connectivity index (χ1) is 8.27. The van der Waals surface area contributed by atoms with Gasteiger partial charge < -0.3 is 5.11 Å². The van der Waals surface area contributed by atoms with Gasteiger partial charge in [0.2, 0.25) is 0 Å². The van der Waals surface area contributed by atoms with Crippen LogP contribution in [0.15, 0.2) is 30.3 Å². The van der Waals surface area contributed by atoms with Crippen LogP contribution < -0.4 is 0 Å². The Morgan fingerprint density at radius 2 is 1.76 bits per heavy atom. The lowest BCUT2D eigenvalue weighted by Crippen LogP contribution is -2.33. The average Bonchev–Trinajstić information content (AvgIpc) is 2.41. The van der Waals surface area contributed by atoms with Crippen molar-refractivity contribution in [3.63, 3.8) is 0 Å². The fraction of sp³-hybridized carbons (Fsp3) is 0.600. The fourth-order valence-corrected chi connectivity index (χ4v) is 3.02. The Morgan fingerprint density at radius 3 is 2.35 bits per heavy atom. The van der Waals surface area contributed by atoms with E-state index in [0.717, 1.165) is 31.2 Å². The van der Waals surface area contributed by atoms with Gasteiger partial charge in [-0.15, -0.1) is 0 Å². The van der Waals surface area contributed by atoms with Crippen LogP contribution in [0.1, 0.15) is 44.1 Å². The van der Waals surface area contributed by atoms with Crippen LogP contribution in [-0.4, -0.2) is 11.7 Å². The van der Waals surface area contributed by atoms with Gasteiger partial charge in [-0.25, -0.2) is 4.39 Å². The monoisotopic (exact) mass is 236 g/mol. The molecule has 1 saturated carbocycles. The first-order valence-corrected chi connectivity index (χ1v) is 6.62. The van der Waals surface area contributed by atoms with Gasteiger partial charge in [-0.2, -0.15) is 0 Å². The Morgan fingerprint density at radius 1 is 1.12 bits per heavy atom. The van der Waals surface area contributed by atoms with Gasteiger partial charge in [0.25, 0.3) is 0 Å². The van der Waals surface area contributed by atoms with Gasteiger partial charge in [0.1, 0.15) is 5.67 Å². The number of aliphatic hydroxyl groups excluding tert-OH is 1. The second kappa shape index (κ2) is 5.63. The summed E-state index contributed by atoms with van der Waals surface area (Å²) in [5.74, 6) is 0.0748. The van der Waals surface area contributed by atoms with Gasteiger partial charge in [-0.1, -0.05) is 49.6 Å². The minimum absolute atomic E-state index is 0.0748. The third-order valence-electron chi connectivity index (χ3n) is 3.98. The number of hydrogen-bond donors (Lipinski definition) is 1. The molecule has 1 aromatic carbocycles. The van der Waals surface area contributed by atoms with Crippen molar-refractivity contribution in [3.8, 4) is 0 Å². The molecule has 1 atom stereocenters. The second-order valence-corrected chi connectivity index (χ2v) is 5.04. The van der Waals surface area contributed by atoms with Crippen LogP contribution in [0.5, 0.6) is 0 Å². The van der Waals surface area contributed by atoms with Gasteiger partial charge in [-0.3, -0.25) is 0 Å². The number of halogens is 1. The molecule has 1 nitrogen and oxygen atoms in total. The molecule has 0 aromatic heterocycles. The first kappa shape index (κ1) is 12.6. The van der Waals surface area contributed by atoms with Gasteiger partial charge in [0, 0.05) is 13.0 Å². The highest BCUT2D eigenvalue weighted by Gasteiger charge is 2.40. The number of rotatable bonds is 4. The highest BCUT2D eigenvalue weighted by Crippen LogP contribution is 2.44.